The Morgan fingerprint density at radius 3 is 2.84 bits per heavy atom. The minimum Gasteiger partial charge on any atom is -0.456 e. The molecule has 0 aliphatic heterocycles. The second-order valence-corrected chi connectivity index (χ2v) is 9.92. The van der Waals surface area contributed by atoms with Crippen LogP contribution in [0.3, 0.4) is 0 Å². The molecular weight excluding hydrogens is 394 g/mol. The van der Waals surface area contributed by atoms with Gasteiger partial charge in [0.05, 0.1) is 6.20 Å². The molecule has 3 unspecified atom stereocenters. The van der Waals surface area contributed by atoms with Gasteiger partial charge in [0.1, 0.15) is 11.5 Å². The molecule has 0 radical (unpaired) electrons. The Morgan fingerprint density at radius 1 is 1.12 bits per heavy atom. The number of aromatic amines is 1. The fourth-order valence-electron chi connectivity index (χ4n) is 5.05. The Balaban J connectivity index is 1.33. The summed E-state index contributed by atoms with van der Waals surface area (Å²) in [4.78, 5) is 7.57. The maximum atomic E-state index is 6.05. The van der Waals surface area contributed by atoms with E-state index in [1.807, 2.05) is 42.7 Å². The second kappa shape index (κ2) is 10.4. The molecule has 1 fully saturated rings. The lowest BCUT2D eigenvalue weighted by Crippen LogP contribution is -2.46. The topological polar surface area (TPSA) is 49.9 Å². The van der Waals surface area contributed by atoms with Crippen LogP contribution in [-0.4, -0.2) is 22.1 Å². The van der Waals surface area contributed by atoms with Crippen molar-refractivity contribution < 1.29 is 4.74 Å². The number of benzene rings is 1. The SMILES string of the molecule is CC1CCC(C(C)C)C(N[C@@H](C)C/C=C/c2cncc(Oc3ccc4[nH]ccc4c3)c2)C1. The van der Waals surface area contributed by atoms with Crippen LogP contribution in [0.1, 0.15) is 58.9 Å². The average Bonchev–Trinajstić information content (AvgIpc) is 3.22. The summed E-state index contributed by atoms with van der Waals surface area (Å²) >= 11 is 0. The fraction of sp³-hybridized carbons (Fsp3) is 0.464. The van der Waals surface area contributed by atoms with Gasteiger partial charge in [0.15, 0.2) is 0 Å². The number of hydrogen-bond donors (Lipinski definition) is 2. The van der Waals surface area contributed by atoms with Gasteiger partial charge in [-0.3, -0.25) is 4.98 Å². The Kier molecular flexibility index (Phi) is 7.31. The van der Waals surface area contributed by atoms with Crippen LogP contribution < -0.4 is 10.1 Å². The zero-order valence-electron chi connectivity index (χ0n) is 19.8. The van der Waals surface area contributed by atoms with E-state index in [0.717, 1.165) is 52.1 Å². The third kappa shape index (κ3) is 5.80. The third-order valence-electron chi connectivity index (χ3n) is 6.82. The van der Waals surface area contributed by atoms with E-state index in [1.165, 1.54) is 19.3 Å². The molecule has 0 amide bonds. The summed E-state index contributed by atoms with van der Waals surface area (Å²) in [5.41, 5.74) is 2.17. The summed E-state index contributed by atoms with van der Waals surface area (Å²) in [7, 11) is 0. The van der Waals surface area contributed by atoms with E-state index in [-0.39, 0.29) is 0 Å². The predicted molar refractivity (Wildman–Crippen MR) is 134 cm³/mol. The molecule has 0 spiro atoms. The van der Waals surface area contributed by atoms with E-state index in [2.05, 4.69) is 55.1 Å². The van der Waals surface area contributed by atoms with Crippen molar-refractivity contribution in [2.75, 3.05) is 0 Å². The molecule has 1 aliphatic rings. The number of H-pyrrole nitrogens is 1. The highest BCUT2D eigenvalue weighted by Gasteiger charge is 2.30. The molecule has 0 saturated heterocycles. The van der Waals surface area contributed by atoms with E-state index in [1.54, 1.807) is 6.20 Å². The molecule has 170 valence electrons. The Labute approximate surface area is 192 Å². The van der Waals surface area contributed by atoms with Gasteiger partial charge in [-0.2, -0.15) is 0 Å². The van der Waals surface area contributed by atoms with Gasteiger partial charge in [0.2, 0.25) is 0 Å². The molecule has 1 aliphatic carbocycles. The molecule has 1 aromatic carbocycles. The van der Waals surface area contributed by atoms with Crippen molar-refractivity contribution in [3.8, 4) is 11.5 Å². The highest BCUT2D eigenvalue weighted by Crippen LogP contribution is 2.34. The first-order chi connectivity index (χ1) is 15.5. The van der Waals surface area contributed by atoms with E-state index in [0.29, 0.717) is 12.1 Å². The van der Waals surface area contributed by atoms with Crippen molar-refractivity contribution in [2.45, 2.75) is 65.5 Å². The van der Waals surface area contributed by atoms with Crippen molar-refractivity contribution in [2.24, 2.45) is 17.8 Å². The van der Waals surface area contributed by atoms with Gasteiger partial charge in [-0.25, -0.2) is 0 Å². The molecule has 4 nitrogen and oxygen atoms in total. The van der Waals surface area contributed by atoms with Crippen LogP contribution >= 0.6 is 0 Å². The molecule has 3 aromatic rings. The third-order valence-corrected chi connectivity index (χ3v) is 6.82. The summed E-state index contributed by atoms with van der Waals surface area (Å²) in [6.07, 6.45) is 15.0. The average molecular weight is 432 g/mol. The van der Waals surface area contributed by atoms with Gasteiger partial charge in [0, 0.05) is 35.4 Å². The lowest BCUT2D eigenvalue weighted by Gasteiger charge is -2.39. The van der Waals surface area contributed by atoms with Crippen LogP contribution in [0.4, 0.5) is 0 Å². The number of nitrogens with zero attached hydrogens (tertiary/aromatic N) is 1. The zero-order valence-corrected chi connectivity index (χ0v) is 19.8. The summed E-state index contributed by atoms with van der Waals surface area (Å²) in [5, 5.41) is 5.07. The lowest BCUT2D eigenvalue weighted by atomic mass is 9.74. The summed E-state index contributed by atoms with van der Waals surface area (Å²) in [5.74, 6) is 3.94. The molecule has 32 heavy (non-hydrogen) atoms. The normalized spacial score (nSPS) is 22.6. The summed E-state index contributed by atoms with van der Waals surface area (Å²) in [6.45, 7) is 9.45. The fourth-order valence-corrected chi connectivity index (χ4v) is 5.05. The highest BCUT2D eigenvalue weighted by molar-refractivity contribution is 5.80. The molecule has 2 aromatic heterocycles. The number of aromatic nitrogens is 2. The first kappa shape index (κ1) is 22.6. The van der Waals surface area contributed by atoms with Crippen LogP contribution in [0.25, 0.3) is 17.0 Å². The quantitative estimate of drug-likeness (QED) is 0.396. The molecular formula is C28H37N3O. The lowest BCUT2D eigenvalue weighted by molar-refractivity contribution is 0.161. The summed E-state index contributed by atoms with van der Waals surface area (Å²) in [6, 6.07) is 11.2. The zero-order chi connectivity index (χ0) is 22.5. The molecule has 2 heterocycles. The van der Waals surface area contributed by atoms with Crippen molar-refractivity contribution in [1.82, 2.24) is 15.3 Å². The van der Waals surface area contributed by atoms with E-state index >= 15 is 0 Å². The molecule has 1 saturated carbocycles. The van der Waals surface area contributed by atoms with Crippen LogP contribution in [-0.2, 0) is 0 Å². The standard InChI is InChI=1S/C28H37N3O/c1-19(2)26-10-8-20(3)14-28(26)31-21(4)6-5-7-22-15-25(18-29-17-22)32-24-9-11-27-23(16-24)12-13-30-27/h5,7,9,11-13,15-21,26,28,30-31H,6,8,10,14H2,1-4H3/b7-5+/t20?,21-,26?,28?/m0/s1. The largest absolute Gasteiger partial charge is 0.456 e. The minimum absolute atomic E-state index is 0.461. The van der Waals surface area contributed by atoms with Gasteiger partial charge in [-0.1, -0.05) is 39.3 Å². The monoisotopic (exact) mass is 431 g/mol. The Hall–Kier alpha value is -2.59. The van der Waals surface area contributed by atoms with E-state index < -0.39 is 0 Å². The molecule has 4 rings (SSSR count). The number of fused-ring (bicyclic) bond motifs is 1. The number of pyridine rings is 1. The number of nitrogens with one attached hydrogen (secondary N) is 2. The van der Waals surface area contributed by atoms with Crippen LogP contribution in [0.2, 0.25) is 0 Å². The number of ether oxygens (including phenoxy) is 1. The highest BCUT2D eigenvalue weighted by atomic mass is 16.5. The van der Waals surface area contributed by atoms with E-state index in [9.17, 15) is 0 Å². The molecule has 4 atom stereocenters. The van der Waals surface area contributed by atoms with Crippen LogP contribution in [0.15, 0.2) is 55.0 Å². The second-order valence-electron chi connectivity index (χ2n) is 9.92. The van der Waals surface area contributed by atoms with Gasteiger partial charge in [-0.15, -0.1) is 0 Å². The molecule has 0 bridgehead atoms. The van der Waals surface area contributed by atoms with Crippen molar-refractivity contribution in [3.63, 3.8) is 0 Å². The van der Waals surface area contributed by atoms with Crippen LogP contribution in [0, 0.1) is 17.8 Å². The van der Waals surface area contributed by atoms with Crippen molar-refractivity contribution >= 4 is 17.0 Å². The van der Waals surface area contributed by atoms with E-state index in [4.69, 9.17) is 4.74 Å². The maximum absolute atomic E-state index is 6.05. The predicted octanol–water partition coefficient (Wildman–Crippen LogP) is 7.20. The van der Waals surface area contributed by atoms with Gasteiger partial charge in [0.25, 0.3) is 0 Å². The van der Waals surface area contributed by atoms with Gasteiger partial charge >= 0.3 is 0 Å². The minimum atomic E-state index is 0.461. The van der Waals surface area contributed by atoms with Crippen molar-refractivity contribution in [1.29, 1.82) is 0 Å². The first-order valence-corrected chi connectivity index (χ1v) is 12.1. The Morgan fingerprint density at radius 2 is 2.00 bits per heavy atom. The molecule has 4 heteroatoms. The van der Waals surface area contributed by atoms with Gasteiger partial charge in [-0.05, 0) is 79.8 Å². The molecule has 2 N–H and O–H groups in total. The summed E-state index contributed by atoms with van der Waals surface area (Å²) < 4.78 is 6.05. The smallest absolute Gasteiger partial charge is 0.146 e. The maximum Gasteiger partial charge on any atom is 0.146 e. The number of rotatable bonds is 8. The van der Waals surface area contributed by atoms with Crippen LogP contribution in [0.5, 0.6) is 11.5 Å². The van der Waals surface area contributed by atoms with Gasteiger partial charge < -0.3 is 15.0 Å². The Bertz CT molecular complexity index is 1040. The van der Waals surface area contributed by atoms with Crippen molar-refractivity contribution in [3.05, 3.63) is 60.6 Å². The first-order valence-electron chi connectivity index (χ1n) is 12.1. The number of hydrogen-bond acceptors (Lipinski definition) is 3.